The van der Waals surface area contributed by atoms with E-state index < -0.39 is 11.8 Å². The van der Waals surface area contributed by atoms with Gasteiger partial charge in [0, 0.05) is 6.42 Å². The summed E-state index contributed by atoms with van der Waals surface area (Å²) in [6.45, 7) is 7.10. The van der Waals surface area contributed by atoms with Crippen molar-refractivity contribution in [2.75, 3.05) is 26.4 Å². The number of unbranched alkanes of at least 4 members (excludes halogenated alkanes) is 1. The maximum atomic E-state index is 14.0. The molecule has 0 fully saturated rings. The fourth-order valence-corrected chi connectivity index (χ4v) is 2.90. The molecule has 0 spiro atoms. The lowest BCUT2D eigenvalue weighted by Crippen LogP contribution is -2.06. The molecule has 0 radical (unpaired) electrons. The highest BCUT2D eigenvalue weighted by atomic mass is 19.1. The third-order valence-electron chi connectivity index (χ3n) is 4.48. The van der Waals surface area contributed by atoms with Crippen LogP contribution in [0.4, 0.5) is 4.39 Å². The van der Waals surface area contributed by atoms with Gasteiger partial charge in [-0.15, -0.1) is 0 Å². The van der Waals surface area contributed by atoms with Crippen LogP contribution in [-0.2, 0) is 16.0 Å². The van der Waals surface area contributed by atoms with Gasteiger partial charge < -0.3 is 24.1 Å². The number of halogens is 1. The van der Waals surface area contributed by atoms with Crippen molar-refractivity contribution in [2.24, 2.45) is 0 Å². The van der Waals surface area contributed by atoms with Crippen LogP contribution in [0.2, 0.25) is 0 Å². The highest BCUT2D eigenvalue weighted by Gasteiger charge is 2.12. The lowest BCUT2D eigenvalue weighted by molar-refractivity contribution is -0.136. The minimum atomic E-state index is -1.14. The summed E-state index contributed by atoms with van der Waals surface area (Å²) in [5, 5.41) is 9.27. The smallest absolute Gasteiger partial charge is 0.371 e. The minimum absolute atomic E-state index is 0.141. The first kappa shape index (κ1) is 25.0. The minimum Gasteiger partial charge on any atom is -0.491 e. The first-order valence-corrected chi connectivity index (χ1v) is 10.9. The molecule has 32 heavy (non-hydrogen) atoms. The Balaban J connectivity index is 2.12. The zero-order valence-corrected chi connectivity index (χ0v) is 18.9. The van der Waals surface area contributed by atoms with E-state index in [-0.39, 0.29) is 18.1 Å². The number of hydrogen-bond donors (Lipinski definition) is 1. The average molecular weight is 447 g/mol. The van der Waals surface area contributed by atoms with Crippen LogP contribution >= 0.6 is 0 Å². The van der Waals surface area contributed by atoms with Crippen molar-refractivity contribution in [1.82, 2.24) is 0 Å². The SMILES string of the molecule is CCCCOc1cc(/C=C(\OCC)C(=O)O)ccc1OCCc1ccc(OCC)c(F)c1. The second-order valence-corrected chi connectivity index (χ2v) is 6.95. The Morgan fingerprint density at radius 2 is 1.69 bits per heavy atom. The second-order valence-electron chi connectivity index (χ2n) is 6.95. The molecule has 6 nitrogen and oxygen atoms in total. The van der Waals surface area contributed by atoms with Crippen LogP contribution in [0.5, 0.6) is 17.2 Å². The van der Waals surface area contributed by atoms with E-state index in [1.165, 1.54) is 12.1 Å². The van der Waals surface area contributed by atoms with E-state index in [9.17, 15) is 14.3 Å². The summed E-state index contributed by atoms with van der Waals surface area (Å²) in [6.07, 6.45) is 3.81. The van der Waals surface area contributed by atoms with Crippen molar-refractivity contribution in [3.63, 3.8) is 0 Å². The molecule has 0 aromatic heterocycles. The molecule has 0 saturated carbocycles. The molecule has 0 saturated heterocycles. The molecule has 7 heteroatoms. The maximum Gasteiger partial charge on any atom is 0.371 e. The number of hydrogen-bond acceptors (Lipinski definition) is 5. The van der Waals surface area contributed by atoms with Crippen LogP contribution in [0.1, 0.15) is 44.7 Å². The van der Waals surface area contributed by atoms with Gasteiger partial charge in [0.15, 0.2) is 23.1 Å². The molecule has 0 unspecified atom stereocenters. The molecule has 174 valence electrons. The van der Waals surface area contributed by atoms with Gasteiger partial charge in [0.1, 0.15) is 0 Å². The van der Waals surface area contributed by atoms with Gasteiger partial charge in [-0.2, -0.15) is 0 Å². The molecule has 0 aliphatic heterocycles. The van der Waals surface area contributed by atoms with Gasteiger partial charge in [0.2, 0.25) is 5.76 Å². The molecule has 0 heterocycles. The molecule has 2 rings (SSSR count). The van der Waals surface area contributed by atoms with Crippen LogP contribution in [-0.4, -0.2) is 37.5 Å². The summed E-state index contributed by atoms with van der Waals surface area (Å²) in [6, 6.07) is 10.1. The van der Waals surface area contributed by atoms with Gasteiger partial charge >= 0.3 is 5.97 Å². The van der Waals surface area contributed by atoms with E-state index >= 15 is 0 Å². The molecular weight excluding hydrogens is 415 g/mol. The third kappa shape index (κ3) is 7.80. The fourth-order valence-electron chi connectivity index (χ4n) is 2.90. The first-order chi connectivity index (χ1) is 15.5. The van der Waals surface area contributed by atoms with Gasteiger partial charge in [-0.25, -0.2) is 9.18 Å². The van der Waals surface area contributed by atoms with Crippen LogP contribution in [0.3, 0.4) is 0 Å². The zero-order chi connectivity index (χ0) is 23.3. The molecular formula is C25H31FO6. The van der Waals surface area contributed by atoms with Crippen molar-refractivity contribution in [3.8, 4) is 17.2 Å². The Hall–Kier alpha value is -3.22. The number of carboxylic acids is 1. The van der Waals surface area contributed by atoms with Gasteiger partial charge in [-0.1, -0.05) is 25.5 Å². The summed E-state index contributed by atoms with van der Waals surface area (Å²) in [4.78, 5) is 11.3. The highest BCUT2D eigenvalue weighted by molar-refractivity contribution is 5.90. The zero-order valence-electron chi connectivity index (χ0n) is 18.9. The molecule has 1 N–H and O–H groups in total. The highest BCUT2D eigenvalue weighted by Crippen LogP contribution is 2.30. The van der Waals surface area contributed by atoms with Gasteiger partial charge in [-0.3, -0.25) is 0 Å². The Morgan fingerprint density at radius 1 is 0.938 bits per heavy atom. The van der Waals surface area contributed by atoms with E-state index in [4.69, 9.17) is 18.9 Å². The molecule has 2 aromatic rings. The lowest BCUT2D eigenvalue weighted by Gasteiger charge is -2.14. The van der Waals surface area contributed by atoms with E-state index in [0.29, 0.717) is 43.3 Å². The van der Waals surface area contributed by atoms with E-state index in [1.807, 2.05) is 13.0 Å². The van der Waals surface area contributed by atoms with Gasteiger partial charge in [0.25, 0.3) is 0 Å². The number of carboxylic acid groups (broad SMARTS) is 1. The Labute approximate surface area is 188 Å². The normalized spacial score (nSPS) is 11.2. The number of rotatable bonds is 14. The van der Waals surface area contributed by atoms with Crippen molar-refractivity contribution in [2.45, 2.75) is 40.0 Å². The Bertz CT molecular complexity index is 909. The summed E-state index contributed by atoms with van der Waals surface area (Å²) < 4.78 is 36.2. The van der Waals surface area contributed by atoms with E-state index in [1.54, 1.807) is 31.2 Å². The van der Waals surface area contributed by atoms with Crippen molar-refractivity contribution in [3.05, 3.63) is 59.1 Å². The van der Waals surface area contributed by atoms with Crippen molar-refractivity contribution >= 4 is 12.0 Å². The second kappa shape index (κ2) is 13.2. The largest absolute Gasteiger partial charge is 0.491 e. The topological polar surface area (TPSA) is 74.2 Å². The summed E-state index contributed by atoms with van der Waals surface area (Å²) in [5.41, 5.74) is 1.42. The number of ether oxygens (including phenoxy) is 4. The molecule has 0 atom stereocenters. The molecule has 0 bridgehead atoms. The third-order valence-corrected chi connectivity index (χ3v) is 4.48. The van der Waals surface area contributed by atoms with Crippen LogP contribution < -0.4 is 14.2 Å². The van der Waals surface area contributed by atoms with Gasteiger partial charge in [0.05, 0.1) is 26.4 Å². The van der Waals surface area contributed by atoms with E-state index in [0.717, 1.165) is 18.4 Å². The standard InChI is InChI=1S/C25H31FO6/c1-4-7-13-31-23-16-19(17-24(25(27)28)30-6-3)9-11-22(23)32-14-12-18-8-10-21(29-5-2)20(26)15-18/h8-11,15-17H,4-7,12-14H2,1-3H3,(H,27,28)/b24-17-. The predicted molar refractivity (Wildman–Crippen MR) is 121 cm³/mol. The summed E-state index contributed by atoms with van der Waals surface area (Å²) in [7, 11) is 0. The van der Waals surface area contributed by atoms with Crippen molar-refractivity contribution in [1.29, 1.82) is 0 Å². The first-order valence-electron chi connectivity index (χ1n) is 10.9. The molecule has 0 aliphatic rings. The monoisotopic (exact) mass is 446 g/mol. The molecule has 0 amide bonds. The van der Waals surface area contributed by atoms with Crippen LogP contribution in [0, 0.1) is 5.82 Å². The Kier molecular flexibility index (Phi) is 10.4. The predicted octanol–water partition coefficient (Wildman–Crippen LogP) is 5.49. The van der Waals surface area contributed by atoms with Crippen LogP contribution in [0.15, 0.2) is 42.2 Å². The number of benzene rings is 2. The van der Waals surface area contributed by atoms with Gasteiger partial charge in [-0.05, 0) is 61.7 Å². The van der Waals surface area contributed by atoms with Crippen LogP contribution in [0.25, 0.3) is 6.08 Å². The quantitative estimate of drug-likeness (QED) is 0.235. The molecule has 0 aliphatic carbocycles. The Morgan fingerprint density at radius 3 is 2.34 bits per heavy atom. The fraction of sp³-hybridized carbons (Fsp3) is 0.400. The lowest BCUT2D eigenvalue weighted by atomic mass is 10.1. The molecule has 2 aromatic carbocycles. The number of carbonyl (C=O) groups is 1. The number of aliphatic carboxylic acids is 1. The average Bonchev–Trinajstić information content (AvgIpc) is 2.77. The maximum absolute atomic E-state index is 14.0. The van der Waals surface area contributed by atoms with Crippen molar-refractivity contribution < 1.29 is 33.2 Å². The summed E-state index contributed by atoms with van der Waals surface area (Å²) >= 11 is 0. The summed E-state index contributed by atoms with van der Waals surface area (Å²) in [5.74, 6) is -0.376. The van der Waals surface area contributed by atoms with E-state index in [2.05, 4.69) is 6.92 Å².